The Hall–Kier alpha value is -4.14. The Morgan fingerprint density at radius 1 is 1.06 bits per heavy atom. The normalized spacial score (nSPS) is 10.7. The SMILES string of the molecule is CCCn1c(N)c(C(=O)COC(=O)c2ccccc2OCc2cccc(C)c2)c(=O)n(C)c1=O. The van der Waals surface area contributed by atoms with Gasteiger partial charge in [-0.05, 0) is 31.0 Å². The third-order valence-electron chi connectivity index (χ3n) is 5.23. The number of carbonyl (C=O) groups is 2. The number of carbonyl (C=O) groups excluding carboxylic acids is 2. The van der Waals surface area contributed by atoms with Crippen molar-refractivity contribution in [1.29, 1.82) is 0 Å². The molecule has 0 saturated carbocycles. The van der Waals surface area contributed by atoms with Gasteiger partial charge in [0, 0.05) is 13.6 Å². The first-order valence-corrected chi connectivity index (χ1v) is 10.8. The number of ether oxygens (including phenoxy) is 2. The molecule has 2 aromatic carbocycles. The summed E-state index contributed by atoms with van der Waals surface area (Å²) in [5.41, 5.74) is 6.29. The Labute approximate surface area is 196 Å². The van der Waals surface area contributed by atoms with Crippen LogP contribution in [-0.4, -0.2) is 27.5 Å². The fraction of sp³-hybridized carbons (Fsp3) is 0.280. The predicted octanol–water partition coefficient (Wildman–Crippen LogP) is 2.47. The highest BCUT2D eigenvalue weighted by Crippen LogP contribution is 2.21. The van der Waals surface area contributed by atoms with Crippen molar-refractivity contribution in [2.75, 3.05) is 12.3 Å². The van der Waals surface area contributed by atoms with Crippen LogP contribution in [0.5, 0.6) is 5.75 Å². The summed E-state index contributed by atoms with van der Waals surface area (Å²) in [7, 11) is 1.26. The monoisotopic (exact) mass is 465 g/mol. The van der Waals surface area contributed by atoms with Crippen molar-refractivity contribution >= 4 is 17.6 Å². The average Bonchev–Trinajstić information content (AvgIpc) is 2.83. The number of rotatable bonds is 9. The second-order valence-corrected chi connectivity index (χ2v) is 7.83. The first-order chi connectivity index (χ1) is 16.2. The number of hydrogen-bond donors (Lipinski definition) is 1. The molecule has 0 spiro atoms. The van der Waals surface area contributed by atoms with Gasteiger partial charge in [0.1, 0.15) is 29.3 Å². The molecule has 178 valence electrons. The fourth-order valence-corrected chi connectivity index (χ4v) is 3.49. The Kier molecular flexibility index (Phi) is 7.68. The van der Waals surface area contributed by atoms with Gasteiger partial charge in [-0.2, -0.15) is 0 Å². The number of hydrogen-bond acceptors (Lipinski definition) is 7. The Morgan fingerprint density at radius 3 is 2.50 bits per heavy atom. The second-order valence-electron chi connectivity index (χ2n) is 7.83. The molecule has 0 aliphatic heterocycles. The number of nitrogens with zero attached hydrogens (tertiary/aromatic N) is 2. The Morgan fingerprint density at radius 2 is 1.79 bits per heavy atom. The lowest BCUT2D eigenvalue weighted by atomic mass is 10.1. The van der Waals surface area contributed by atoms with Gasteiger partial charge in [-0.25, -0.2) is 9.59 Å². The minimum absolute atomic E-state index is 0.139. The van der Waals surface area contributed by atoms with E-state index < -0.39 is 29.6 Å². The van der Waals surface area contributed by atoms with Crippen LogP contribution in [0.3, 0.4) is 0 Å². The smallest absolute Gasteiger partial charge is 0.342 e. The molecule has 9 heteroatoms. The molecule has 2 N–H and O–H groups in total. The maximum absolute atomic E-state index is 12.8. The van der Waals surface area contributed by atoms with E-state index in [1.165, 1.54) is 13.1 Å². The molecule has 3 aromatic rings. The molecular formula is C25H27N3O6. The van der Waals surface area contributed by atoms with Crippen LogP contribution < -0.4 is 21.7 Å². The first-order valence-electron chi connectivity index (χ1n) is 10.8. The lowest BCUT2D eigenvalue weighted by Crippen LogP contribution is -2.43. The van der Waals surface area contributed by atoms with Crippen LogP contribution in [0.2, 0.25) is 0 Å². The third kappa shape index (κ3) is 5.25. The van der Waals surface area contributed by atoms with E-state index in [-0.39, 0.29) is 30.1 Å². The number of Topliss-reactive ketones (excluding diaryl/α,β-unsaturated/α-hetero) is 1. The van der Waals surface area contributed by atoms with Crippen molar-refractivity contribution in [2.24, 2.45) is 7.05 Å². The van der Waals surface area contributed by atoms with Gasteiger partial charge in [-0.15, -0.1) is 0 Å². The molecule has 34 heavy (non-hydrogen) atoms. The lowest BCUT2D eigenvalue weighted by molar-refractivity contribution is 0.0469. The van der Waals surface area contributed by atoms with E-state index in [0.29, 0.717) is 12.2 Å². The Balaban J connectivity index is 1.76. The first kappa shape index (κ1) is 24.5. The quantitative estimate of drug-likeness (QED) is 0.380. The standard InChI is InChI=1S/C25H27N3O6/c1-4-12-28-22(26)21(23(30)27(3)25(28)32)19(29)15-34-24(31)18-10-5-6-11-20(18)33-14-17-9-7-8-16(2)13-17/h5-11,13H,4,12,14-15,26H2,1-3H3. The summed E-state index contributed by atoms with van der Waals surface area (Å²) in [6.45, 7) is 3.58. The number of nitrogen functional groups attached to an aromatic ring is 1. The van der Waals surface area contributed by atoms with Gasteiger partial charge in [-0.1, -0.05) is 48.9 Å². The molecule has 0 radical (unpaired) electrons. The molecule has 0 aliphatic rings. The molecule has 1 heterocycles. The summed E-state index contributed by atoms with van der Waals surface area (Å²) in [6, 6.07) is 14.3. The van der Waals surface area contributed by atoms with Crippen LogP contribution in [0.1, 0.15) is 45.2 Å². The van der Waals surface area contributed by atoms with Crippen LogP contribution in [0.4, 0.5) is 5.82 Å². The highest BCUT2D eigenvalue weighted by molar-refractivity contribution is 6.02. The van der Waals surface area contributed by atoms with Crippen molar-refractivity contribution in [2.45, 2.75) is 33.4 Å². The van der Waals surface area contributed by atoms with E-state index >= 15 is 0 Å². The topological polar surface area (TPSA) is 123 Å². The molecule has 0 aliphatic carbocycles. The maximum atomic E-state index is 12.8. The van der Waals surface area contributed by atoms with Crippen molar-refractivity contribution in [3.63, 3.8) is 0 Å². The van der Waals surface area contributed by atoms with Crippen LogP contribution in [-0.2, 0) is 24.9 Å². The maximum Gasteiger partial charge on any atom is 0.342 e. The molecule has 0 saturated heterocycles. The van der Waals surface area contributed by atoms with Gasteiger partial charge in [0.15, 0.2) is 6.61 Å². The van der Waals surface area contributed by atoms with Crippen LogP contribution in [0.15, 0.2) is 58.1 Å². The zero-order valence-electron chi connectivity index (χ0n) is 19.4. The number of para-hydroxylation sites is 1. The molecule has 1 aromatic heterocycles. The molecule has 0 unspecified atom stereocenters. The van der Waals surface area contributed by atoms with Crippen molar-refractivity contribution in [3.8, 4) is 5.75 Å². The molecule has 0 amide bonds. The third-order valence-corrected chi connectivity index (χ3v) is 5.23. The van der Waals surface area contributed by atoms with Crippen LogP contribution in [0.25, 0.3) is 0 Å². The van der Waals surface area contributed by atoms with Gasteiger partial charge >= 0.3 is 11.7 Å². The van der Waals surface area contributed by atoms with Gasteiger partial charge in [0.25, 0.3) is 5.56 Å². The zero-order chi connectivity index (χ0) is 24.8. The minimum Gasteiger partial charge on any atom is -0.488 e. The van der Waals surface area contributed by atoms with Gasteiger partial charge in [-0.3, -0.25) is 18.7 Å². The van der Waals surface area contributed by atoms with E-state index in [1.54, 1.807) is 18.2 Å². The molecular weight excluding hydrogens is 438 g/mol. The number of anilines is 1. The van der Waals surface area contributed by atoms with E-state index in [4.69, 9.17) is 15.2 Å². The minimum atomic E-state index is -0.835. The van der Waals surface area contributed by atoms with Crippen LogP contribution in [0, 0.1) is 6.92 Å². The van der Waals surface area contributed by atoms with Crippen molar-refractivity contribution in [3.05, 3.63) is 91.6 Å². The molecule has 0 atom stereocenters. The largest absolute Gasteiger partial charge is 0.488 e. The van der Waals surface area contributed by atoms with E-state index in [1.807, 2.05) is 38.1 Å². The summed E-state index contributed by atoms with van der Waals surface area (Å²) in [6.07, 6.45) is 0.574. The molecule has 3 rings (SSSR count). The van der Waals surface area contributed by atoms with E-state index in [0.717, 1.165) is 20.3 Å². The van der Waals surface area contributed by atoms with E-state index in [2.05, 4.69) is 0 Å². The van der Waals surface area contributed by atoms with Crippen molar-refractivity contribution < 1.29 is 19.1 Å². The molecule has 9 nitrogen and oxygen atoms in total. The van der Waals surface area contributed by atoms with Gasteiger partial charge in [0.05, 0.1) is 0 Å². The highest BCUT2D eigenvalue weighted by atomic mass is 16.5. The summed E-state index contributed by atoms with van der Waals surface area (Å²) >= 11 is 0. The summed E-state index contributed by atoms with van der Waals surface area (Å²) in [4.78, 5) is 50.2. The summed E-state index contributed by atoms with van der Waals surface area (Å²) in [5.74, 6) is -1.52. The zero-order valence-corrected chi connectivity index (χ0v) is 19.4. The highest BCUT2D eigenvalue weighted by Gasteiger charge is 2.23. The number of aromatic nitrogens is 2. The molecule has 0 fully saturated rings. The summed E-state index contributed by atoms with van der Waals surface area (Å²) < 4.78 is 13.0. The second kappa shape index (κ2) is 10.7. The number of esters is 1. The number of nitrogens with two attached hydrogens (primary N) is 1. The average molecular weight is 466 g/mol. The lowest BCUT2D eigenvalue weighted by Gasteiger charge is -2.14. The van der Waals surface area contributed by atoms with E-state index in [9.17, 15) is 19.2 Å². The van der Waals surface area contributed by atoms with Gasteiger partial charge < -0.3 is 15.2 Å². The predicted molar refractivity (Wildman–Crippen MR) is 127 cm³/mol. The van der Waals surface area contributed by atoms with Crippen LogP contribution >= 0.6 is 0 Å². The van der Waals surface area contributed by atoms with Crippen molar-refractivity contribution in [1.82, 2.24) is 9.13 Å². The molecule has 0 bridgehead atoms. The fourth-order valence-electron chi connectivity index (χ4n) is 3.49. The number of benzene rings is 2. The summed E-state index contributed by atoms with van der Waals surface area (Å²) in [5, 5.41) is 0. The number of aryl methyl sites for hydroxylation is 1. The number of ketones is 1. The Bertz CT molecular complexity index is 1340. The van der Waals surface area contributed by atoms with Gasteiger partial charge in [0.2, 0.25) is 5.78 Å².